The summed E-state index contributed by atoms with van der Waals surface area (Å²) in [7, 11) is 0. The molecule has 0 aliphatic carbocycles. The van der Waals surface area contributed by atoms with Crippen LogP contribution >= 0.6 is 0 Å². The first-order valence-corrected chi connectivity index (χ1v) is 6.77. The number of hydrogen-bond acceptors (Lipinski definition) is 7. The average Bonchev–Trinajstić information content (AvgIpc) is 3.01. The number of nitrogens with zero attached hydrogens (tertiary/aromatic N) is 3. The maximum absolute atomic E-state index is 14.5. The summed E-state index contributed by atoms with van der Waals surface area (Å²) in [4.78, 5) is 17.9. The quantitative estimate of drug-likeness (QED) is 0.564. The number of anilines is 1. The Balaban J connectivity index is 2.11. The number of aliphatic hydroxyl groups is 2. The predicted molar refractivity (Wildman–Crippen MR) is 72.9 cm³/mol. The van der Waals surface area contributed by atoms with E-state index in [1.54, 1.807) is 6.92 Å². The summed E-state index contributed by atoms with van der Waals surface area (Å²) in [6.45, 7) is 1.14. The maximum Gasteiger partial charge on any atom is 0.295 e. The van der Waals surface area contributed by atoms with Gasteiger partial charge >= 0.3 is 0 Å². The number of halogens is 1. The molecule has 0 bridgehead atoms. The van der Waals surface area contributed by atoms with Crippen LogP contribution in [0.1, 0.15) is 25.1 Å². The van der Waals surface area contributed by atoms with Crippen molar-refractivity contribution in [2.45, 2.75) is 37.3 Å². The average molecular weight is 313 g/mol. The zero-order chi connectivity index (χ0) is 16.1. The standard InChI is InChI=1S/C12H16FN5O4/c1-2-12(4-19)8(20)6(13)7(22-12)5-3-15-9-10(21)16-11(14)17-18(5)9/h3,6-8,19-20H,2,4H2,1H3,(H3,14,16,17,21)/t6-,7-,8-,12+/m0/s1. The lowest BCUT2D eigenvalue weighted by molar-refractivity contribution is -0.115. The highest BCUT2D eigenvalue weighted by Gasteiger charge is 2.55. The van der Waals surface area contributed by atoms with Crippen molar-refractivity contribution in [2.75, 3.05) is 12.3 Å². The van der Waals surface area contributed by atoms with Crippen LogP contribution in [0.2, 0.25) is 0 Å². The number of aromatic nitrogens is 4. The molecule has 1 aliphatic rings. The van der Waals surface area contributed by atoms with Crippen LogP contribution in [0.5, 0.6) is 0 Å². The van der Waals surface area contributed by atoms with Crippen LogP contribution in [0, 0.1) is 0 Å². The van der Waals surface area contributed by atoms with Gasteiger partial charge in [-0.3, -0.25) is 9.78 Å². The molecule has 10 heteroatoms. The minimum Gasteiger partial charge on any atom is -0.393 e. The molecule has 1 saturated heterocycles. The van der Waals surface area contributed by atoms with Gasteiger partial charge in [-0.1, -0.05) is 6.92 Å². The molecule has 0 unspecified atom stereocenters. The third kappa shape index (κ3) is 1.91. The van der Waals surface area contributed by atoms with Gasteiger partial charge in [0.05, 0.1) is 18.5 Å². The summed E-state index contributed by atoms with van der Waals surface area (Å²) in [5.74, 6) is -0.158. The Labute approximate surface area is 123 Å². The molecule has 9 nitrogen and oxygen atoms in total. The van der Waals surface area contributed by atoms with Gasteiger partial charge in [0.25, 0.3) is 5.56 Å². The molecule has 2 aromatic heterocycles. The molecule has 3 rings (SSSR count). The summed E-state index contributed by atoms with van der Waals surface area (Å²) in [6, 6.07) is 0. The minimum absolute atomic E-state index is 0.0625. The number of imidazole rings is 1. The number of H-pyrrole nitrogens is 1. The first kappa shape index (κ1) is 14.9. The van der Waals surface area contributed by atoms with E-state index in [2.05, 4.69) is 15.1 Å². The summed E-state index contributed by atoms with van der Waals surface area (Å²) in [5, 5.41) is 23.4. The fourth-order valence-electron chi connectivity index (χ4n) is 2.72. The summed E-state index contributed by atoms with van der Waals surface area (Å²) in [5.41, 5.74) is 3.58. The van der Waals surface area contributed by atoms with Crippen molar-refractivity contribution in [1.82, 2.24) is 19.6 Å². The Morgan fingerprint density at radius 2 is 2.36 bits per heavy atom. The molecule has 1 aliphatic heterocycles. The lowest BCUT2D eigenvalue weighted by Gasteiger charge is -2.28. The predicted octanol–water partition coefficient (Wildman–Crippen LogP) is -1.09. The number of aliphatic hydroxyl groups excluding tert-OH is 2. The molecule has 0 radical (unpaired) electrons. The SMILES string of the molecule is CC[C@]1(CO)O[C@@H](c2cnc3c(=O)[nH]c(N)nn23)[C@H](F)[C@@H]1O. The van der Waals surface area contributed by atoms with Gasteiger partial charge in [0.2, 0.25) is 11.6 Å². The smallest absolute Gasteiger partial charge is 0.295 e. The van der Waals surface area contributed by atoms with E-state index in [0.717, 1.165) is 4.52 Å². The van der Waals surface area contributed by atoms with E-state index in [9.17, 15) is 19.4 Å². The van der Waals surface area contributed by atoms with E-state index in [4.69, 9.17) is 10.5 Å². The number of nitrogens with one attached hydrogen (secondary N) is 1. The highest BCUT2D eigenvalue weighted by atomic mass is 19.1. The molecule has 0 spiro atoms. The van der Waals surface area contributed by atoms with Crippen molar-refractivity contribution in [3.63, 3.8) is 0 Å². The van der Waals surface area contributed by atoms with Crippen molar-refractivity contribution in [1.29, 1.82) is 0 Å². The molecular formula is C12H16FN5O4. The number of nitrogen functional groups attached to an aromatic ring is 1. The van der Waals surface area contributed by atoms with E-state index in [1.165, 1.54) is 6.20 Å². The Morgan fingerprint density at radius 3 is 2.95 bits per heavy atom. The molecule has 2 aromatic rings. The number of hydrogen-bond donors (Lipinski definition) is 4. The molecule has 1 fully saturated rings. The first-order valence-electron chi connectivity index (χ1n) is 6.77. The molecule has 120 valence electrons. The molecule has 0 aromatic carbocycles. The normalized spacial score (nSPS) is 31.9. The summed E-state index contributed by atoms with van der Waals surface area (Å²) < 4.78 is 21.1. The molecule has 4 atom stereocenters. The van der Waals surface area contributed by atoms with Crippen LogP contribution in [0.25, 0.3) is 5.65 Å². The highest BCUT2D eigenvalue weighted by Crippen LogP contribution is 2.43. The Morgan fingerprint density at radius 1 is 1.64 bits per heavy atom. The Hall–Kier alpha value is -2.04. The number of alkyl halides is 1. The van der Waals surface area contributed by atoms with Crippen LogP contribution in [-0.4, -0.2) is 54.3 Å². The van der Waals surface area contributed by atoms with Crippen LogP contribution < -0.4 is 11.3 Å². The molecule has 3 heterocycles. The second-order valence-corrected chi connectivity index (χ2v) is 5.26. The van der Waals surface area contributed by atoms with Crippen molar-refractivity contribution in [2.24, 2.45) is 0 Å². The Bertz CT molecular complexity index is 756. The van der Waals surface area contributed by atoms with Crippen molar-refractivity contribution in [3.05, 3.63) is 22.2 Å². The largest absolute Gasteiger partial charge is 0.393 e. The van der Waals surface area contributed by atoms with E-state index >= 15 is 0 Å². The number of ether oxygens (including phenoxy) is 1. The molecular weight excluding hydrogens is 297 g/mol. The van der Waals surface area contributed by atoms with Gasteiger partial charge in [-0.2, -0.15) is 0 Å². The molecule has 0 amide bonds. The zero-order valence-corrected chi connectivity index (χ0v) is 11.7. The highest BCUT2D eigenvalue weighted by molar-refractivity contribution is 5.39. The van der Waals surface area contributed by atoms with E-state index in [1.807, 2.05) is 0 Å². The topological polar surface area (TPSA) is 139 Å². The van der Waals surface area contributed by atoms with Gasteiger partial charge in [-0.05, 0) is 6.42 Å². The van der Waals surface area contributed by atoms with Crippen LogP contribution in [0.4, 0.5) is 10.3 Å². The van der Waals surface area contributed by atoms with E-state index in [-0.39, 0.29) is 23.7 Å². The van der Waals surface area contributed by atoms with E-state index in [0.29, 0.717) is 0 Å². The number of rotatable bonds is 3. The van der Waals surface area contributed by atoms with Crippen LogP contribution in [0.15, 0.2) is 11.0 Å². The maximum atomic E-state index is 14.5. The molecule has 5 N–H and O–H groups in total. The molecule has 0 saturated carbocycles. The van der Waals surface area contributed by atoms with Crippen LogP contribution in [0.3, 0.4) is 0 Å². The fourth-order valence-corrected chi connectivity index (χ4v) is 2.72. The summed E-state index contributed by atoms with van der Waals surface area (Å²) >= 11 is 0. The van der Waals surface area contributed by atoms with Gasteiger partial charge in [0, 0.05) is 0 Å². The van der Waals surface area contributed by atoms with Gasteiger partial charge in [-0.15, -0.1) is 5.10 Å². The Kier molecular flexibility index (Phi) is 3.38. The van der Waals surface area contributed by atoms with Gasteiger partial charge < -0.3 is 20.7 Å². The van der Waals surface area contributed by atoms with Gasteiger partial charge in [0.15, 0.2) is 6.17 Å². The van der Waals surface area contributed by atoms with Crippen molar-refractivity contribution >= 4 is 11.6 Å². The summed E-state index contributed by atoms with van der Waals surface area (Å²) in [6.07, 6.45) is -3.06. The zero-order valence-electron chi connectivity index (χ0n) is 11.7. The van der Waals surface area contributed by atoms with Crippen molar-refractivity contribution < 1.29 is 19.3 Å². The molecule has 22 heavy (non-hydrogen) atoms. The third-order valence-electron chi connectivity index (χ3n) is 4.07. The van der Waals surface area contributed by atoms with Crippen LogP contribution in [-0.2, 0) is 4.74 Å². The van der Waals surface area contributed by atoms with E-state index < -0.39 is 36.1 Å². The fraction of sp³-hybridized carbons (Fsp3) is 0.583. The number of fused-ring (bicyclic) bond motifs is 1. The second-order valence-electron chi connectivity index (χ2n) is 5.26. The first-order chi connectivity index (χ1) is 10.4. The lowest BCUT2D eigenvalue weighted by Crippen LogP contribution is -2.44. The monoisotopic (exact) mass is 313 g/mol. The van der Waals surface area contributed by atoms with Crippen molar-refractivity contribution in [3.8, 4) is 0 Å². The third-order valence-corrected chi connectivity index (χ3v) is 4.07. The van der Waals surface area contributed by atoms with Gasteiger partial charge in [-0.25, -0.2) is 13.9 Å². The second kappa shape index (κ2) is 5.00. The lowest BCUT2D eigenvalue weighted by atomic mass is 9.93. The number of nitrogens with two attached hydrogens (primary N) is 1. The van der Waals surface area contributed by atoms with Gasteiger partial charge in [0.1, 0.15) is 17.8 Å². The minimum atomic E-state index is -1.80. The number of aromatic amines is 1.